The molecule has 0 aromatic heterocycles. The highest BCUT2D eigenvalue weighted by Crippen LogP contribution is 2.27. The highest BCUT2D eigenvalue weighted by molar-refractivity contribution is 7.86. The van der Waals surface area contributed by atoms with Crippen molar-refractivity contribution in [2.75, 3.05) is 25.5 Å². The fourth-order valence-corrected chi connectivity index (χ4v) is 5.39. The molecule has 0 radical (unpaired) electrons. The topological polar surface area (TPSA) is 40.6 Å². The van der Waals surface area contributed by atoms with Gasteiger partial charge in [-0.25, -0.2) is 0 Å². The molecular formula is C13H25ClN2O2S. The summed E-state index contributed by atoms with van der Waals surface area (Å²) in [5.41, 5.74) is 0. The van der Waals surface area contributed by atoms with Crippen molar-refractivity contribution in [1.29, 1.82) is 0 Å². The second-order valence-corrected chi connectivity index (χ2v) is 7.82. The molecule has 0 bridgehead atoms. The van der Waals surface area contributed by atoms with Crippen LogP contribution < -0.4 is 0 Å². The van der Waals surface area contributed by atoms with Crippen LogP contribution in [0.25, 0.3) is 0 Å². The van der Waals surface area contributed by atoms with Crippen LogP contribution in [0.5, 0.6) is 0 Å². The Labute approximate surface area is 122 Å². The van der Waals surface area contributed by atoms with Gasteiger partial charge >= 0.3 is 0 Å². The molecule has 19 heavy (non-hydrogen) atoms. The van der Waals surface area contributed by atoms with Crippen molar-refractivity contribution >= 4 is 21.8 Å². The van der Waals surface area contributed by atoms with Crippen molar-refractivity contribution in [2.24, 2.45) is 0 Å². The third-order valence-electron chi connectivity index (χ3n) is 4.22. The lowest BCUT2D eigenvalue weighted by molar-refractivity contribution is 0.295. The molecule has 4 nitrogen and oxygen atoms in total. The van der Waals surface area contributed by atoms with Gasteiger partial charge in [0, 0.05) is 31.6 Å². The lowest BCUT2D eigenvalue weighted by Crippen LogP contribution is -2.49. The van der Waals surface area contributed by atoms with Gasteiger partial charge in [-0.05, 0) is 25.7 Å². The smallest absolute Gasteiger partial charge is 0.195 e. The van der Waals surface area contributed by atoms with Gasteiger partial charge in [0.1, 0.15) is 0 Å². The molecule has 0 aromatic carbocycles. The highest BCUT2D eigenvalue weighted by Gasteiger charge is 2.35. The first-order valence-electron chi connectivity index (χ1n) is 7.49. The SMILES string of the molecule is O=S(=O)(N1CCCCCC1)N(CCCl)C1CCCC1. The van der Waals surface area contributed by atoms with Crippen LogP contribution in [-0.2, 0) is 10.2 Å². The average Bonchev–Trinajstić information content (AvgIpc) is 2.76. The summed E-state index contributed by atoms with van der Waals surface area (Å²) in [4.78, 5) is 0. The summed E-state index contributed by atoms with van der Waals surface area (Å²) in [6.07, 6.45) is 8.51. The zero-order valence-electron chi connectivity index (χ0n) is 11.6. The minimum Gasteiger partial charge on any atom is -0.195 e. The maximum absolute atomic E-state index is 12.8. The van der Waals surface area contributed by atoms with E-state index in [1.165, 1.54) is 0 Å². The summed E-state index contributed by atoms with van der Waals surface area (Å²) in [5, 5.41) is 0. The Morgan fingerprint density at radius 3 is 2.11 bits per heavy atom. The Morgan fingerprint density at radius 1 is 1.00 bits per heavy atom. The van der Waals surface area contributed by atoms with Crippen LogP contribution in [0, 0.1) is 0 Å². The molecular weight excluding hydrogens is 284 g/mol. The van der Waals surface area contributed by atoms with Gasteiger partial charge < -0.3 is 0 Å². The third-order valence-corrected chi connectivity index (χ3v) is 6.48. The minimum absolute atomic E-state index is 0.173. The van der Waals surface area contributed by atoms with Gasteiger partial charge in [0.05, 0.1) is 0 Å². The number of nitrogens with zero attached hydrogens (tertiary/aromatic N) is 2. The number of hydrogen-bond donors (Lipinski definition) is 0. The lowest BCUT2D eigenvalue weighted by atomic mass is 10.2. The second kappa shape index (κ2) is 7.25. The van der Waals surface area contributed by atoms with Crippen molar-refractivity contribution < 1.29 is 8.42 Å². The number of halogens is 1. The van der Waals surface area contributed by atoms with Gasteiger partial charge in [0.15, 0.2) is 0 Å². The first-order valence-corrected chi connectivity index (χ1v) is 9.42. The second-order valence-electron chi connectivity index (χ2n) is 5.56. The standard InChI is InChI=1S/C13H25ClN2O2S/c14-9-12-16(13-7-3-4-8-13)19(17,18)15-10-5-1-2-6-11-15/h13H,1-12H2. The molecule has 0 amide bonds. The Balaban J connectivity index is 2.12. The number of rotatable bonds is 5. The van der Waals surface area contributed by atoms with Crippen molar-refractivity contribution in [3.8, 4) is 0 Å². The van der Waals surface area contributed by atoms with E-state index in [0.717, 1.165) is 51.4 Å². The summed E-state index contributed by atoms with van der Waals surface area (Å²) in [5.74, 6) is 0.379. The van der Waals surface area contributed by atoms with E-state index in [-0.39, 0.29) is 6.04 Å². The Bertz CT molecular complexity index is 361. The van der Waals surface area contributed by atoms with Gasteiger partial charge in [-0.3, -0.25) is 0 Å². The molecule has 0 spiro atoms. The minimum atomic E-state index is -3.31. The normalized spacial score (nSPS) is 23.9. The van der Waals surface area contributed by atoms with Crippen LogP contribution in [-0.4, -0.2) is 48.6 Å². The number of hydrogen-bond acceptors (Lipinski definition) is 2. The molecule has 1 saturated carbocycles. The van der Waals surface area contributed by atoms with Crippen LogP contribution >= 0.6 is 11.6 Å². The molecule has 0 N–H and O–H groups in total. The van der Waals surface area contributed by atoms with E-state index in [9.17, 15) is 8.42 Å². The summed E-state index contributed by atoms with van der Waals surface area (Å²) in [6.45, 7) is 1.80. The van der Waals surface area contributed by atoms with Gasteiger partial charge in [-0.1, -0.05) is 25.7 Å². The van der Waals surface area contributed by atoms with Crippen molar-refractivity contribution in [2.45, 2.75) is 57.4 Å². The van der Waals surface area contributed by atoms with Crippen molar-refractivity contribution in [3.63, 3.8) is 0 Å². The van der Waals surface area contributed by atoms with E-state index in [1.807, 2.05) is 0 Å². The lowest BCUT2D eigenvalue weighted by Gasteiger charge is -2.32. The quantitative estimate of drug-likeness (QED) is 0.733. The van der Waals surface area contributed by atoms with Crippen LogP contribution in [0.2, 0.25) is 0 Å². The molecule has 6 heteroatoms. The molecule has 112 valence electrons. The van der Waals surface area contributed by atoms with Gasteiger partial charge in [0.25, 0.3) is 10.2 Å². The predicted octanol–water partition coefficient (Wildman–Crippen LogP) is 2.59. The monoisotopic (exact) mass is 308 g/mol. The molecule has 2 rings (SSSR count). The third kappa shape index (κ3) is 3.84. The first kappa shape index (κ1) is 15.5. The molecule has 1 heterocycles. The first-order chi connectivity index (χ1) is 9.16. The van der Waals surface area contributed by atoms with Gasteiger partial charge in [0.2, 0.25) is 0 Å². The summed E-state index contributed by atoms with van der Waals surface area (Å²) >= 11 is 5.83. The number of alkyl halides is 1. The fraction of sp³-hybridized carbons (Fsp3) is 1.00. The molecule has 0 unspecified atom stereocenters. The molecule has 0 aromatic rings. The van der Waals surface area contributed by atoms with Crippen LogP contribution in [0.4, 0.5) is 0 Å². The van der Waals surface area contributed by atoms with Crippen molar-refractivity contribution in [1.82, 2.24) is 8.61 Å². The van der Waals surface area contributed by atoms with Crippen LogP contribution in [0.3, 0.4) is 0 Å². The zero-order valence-corrected chi connectivity index (χ0v) is 13.1. The van der Waals surface area contributed by atoms with Gasteiger partial charge in [-0.2, -0.15) is 17.0 Å². The van der Waals surface area contributed by atoms with Crippen LogP contribution in [0.1, 0.15) is 51.4 Å². The Hall–Kier alpha value is 0.160. The van der Waals surface area contributed by atoms with E-state index in [4.69, 9.17) is 11.6 Å². The fourth-order valence-electron chi connectivity index (χ4n) is 3.18. The van der Waals surface area contributed by atoms with E-state index in [2.05, 4.69) is 0 Å². The largest absolute Gasteiger partial charge is 0.282 e. The maximum atomic E-state index is 12.8. The van der Waals surface area contributed by atoms with Crippen molar-refractivity contribution in [3.05, 3.63) is 0 Å². The van der Waals surface area contributed by atoms with Gasteiger partial charge in [-0.15, -0.1) is 11.6 Å². The zero-order chi connectivity index (χ0) is 13.7. The molecule has 1 saturated heterocycles. The van der Waals surface area contributed by atoms with E-state index in [1.54, 1.807) is 8.61 Å². The molecule has 1 aliphatic heterocycles. The Kier molecular flexibility index (Phi) is 5.93. The average molecular weight is 309 g/mol. The van der Waals surface area contributed by atoms with E-state index >= 15 is 0 Å². The molecule has 2 aliphatic rings. The predicted molar refractivity (Wildman–Crippen MR) is 78.6 cm³/mol. The van der Waals surface area contributed by atoms with Crippen LogP contribution in [0.15, 0.2) is 0 Å². The maximum Gasteiger partial charge on any atom is 0.282 e. The molecule has 2 fully saturated rings. The highest BCUT2D eigenvalue weighted by atomic mass is 35.5. The molecule has 1 aliphatic carbocycles. The summed E-state index contributed by atoms with van der Waals surface area (Å²) in [6, 6.07) is 0.173. The molecule has 0 atom stereocenters. The van der Waals surface area contributed by atoms with E-state index < -0.39 is 10.2 Å². The van der Waals surface area contributed by atoms with E-state index in [0.29, 0.717) is 25.5 Å². The Morgan fingerprint density at radius 2 is 1.58 bits per heavy atom. The summed E-state index contributed by atoms with van der Waals surface area (Å²) < 4.78 is 29.0. The summed E-state index contributed by atoms with van der Waals surface area (Å²) in [7, 11) is -3.31.